The van der Waals surface area contributed by atoms with E-state index in [4.69, 9.17) is 0 Å². The highest BCUT2D eigenvalue weighted by Gasteiger charge is 2.34. The number of aromatic nitrogens is 2. The number of carbonyl (C=O) groups is 1. The van der Waals surface area contributed by atoms with Gasteiger partial charge >= 0.3 is 0 Å². The summed E-state index contributed by atoms with van der Waals surface area (Å²) in [6.07, 6.45) is 5.87. The summed E-state index contributed by atoms with van der Waals surface area (Å²) in [6, 6.07) is 2.29. The summed E-state index contributed by atoms with van der Waals surface area (Å²) in [7, 11) is 1.96. The molecule has 0 bridgehead atoms. The molecular formula is C13H14BrN3OS. The summed E-state index contributed by atoms with van der Waals surface area (Å²) >= 11 is 4.92. The SMILES string of the molecule is Cn1ccnc1CN(C(=O)c1sccc1Br)C1CC1. The van der Waals surface area contributed by atoms with Gasteiger partial charge in [0, 0.05) is 30.0 Å². The van der Waals surface area contributed by atoms with Crippen molar-refractivity contribution in [2.24, 2.45) is 7.05 Å². The van der Waals surface area contributed by atoms with Gasteiger partial charge in [-0.2, -0.15) is 0 Å². The number of hydrogen-bond acceptors (Lipinski definition) is 3. The minimum absolute atomic E-state index is 0.104. The lowest BCUT2D eigenvalue weighted by Crippen LogP contribution is -2.33. The molecule has 1 amide bonds. The van der Waals surface area contributed by atoms with E-state index in [9.17, 15) is 4.79 Å². The van der Waals surface area contributed by atoms with Crippen LogP contribution in [0.2, 0.25) is 0 Å². The molecule has 1 saturated carbocycles. The Kier molecular flexibility index (Phi) is 3.45. The molecule has 2 aromatic rings. The summed E-state index contributed by atoms with van der Waals surface area (Å²) in [5.74, 6) is 1.03. The predicted octanol–water partition coefficient (Wildman–Crippen LogP) is 3.05. The van der Waals surface area contributed by atoms with E-state index < -0.39 is 0 Å². The largest absolute Gasteiger partial charge is 0.337 e. The van der Waals surface area contributed by atoms with Crippen molar-refractivity contribution < 1.29 is 4.79 Å². The zero-order valence-corrected chi connectivity index (χ0v) is 12.9. The molecule has 3 rings (SSSR count). The van der Waals surface area contributed by atoms with E-state index in [1.165, 1.54) is 11.3 Å². The quantitative estimate of drug-likeness (QED) is 0.858. The van der Waals surface area contributed by atoms with Crippen LogP contribution in [0.1, 0.15) is 28.3 Å². The number of amides is 1. The molecule has 1 aliphatic rings. The molecule has 0 unspecified atom stereocenters. The number of halogens is 1. The molecule has 0 aromatic carbocycles. The van der Waals surface area contributed by atoms with Gasteiger partial charge in [0.15, 0.2) is 0 Å². The monoisotopic (exact) mass is 339 g/mol. The number of imidazole rings is 1. The number of thiophene rings is 1. The van der Waals surface area contributed by atoms with Crippen LogP contribution in [0.3, 0.4) is 0 Å². The molecule has 1 fully saturated rings. The van der Waals surface area contributed by atoms with Crippen molar-refractivity contribution >= 4 is 33.2 Å². The van der Waals surface area contributed by atoms with Gasteiger partial charge in [0.2, 0.25) is 0 Å². The first kappa shape index (κ1) is 12.9. The molecule has 19 heavy (non-hydrogen) atoms. The third-order valence-corrected chi connectivity index (χ3v) is 5.12. The maximum atomic E-state index is 12.6. The van der Waals surface area contributed by atoms with Crippen LogP contribution in [0.25, 0.3) is 0 Å². The van der Waals surface area contributed by atoms with Crippen LogP contribution in [0.5, 0.6) is 0 Å². The number of rotatable bonds is 4. The van der Waals surface area contributed by atoms with Crippen LogP contribution in [0.4, 0.5) is 0 Å². The summed E-state index contributed by atoms with van der Waals surface area (Å²) in [6.45, 7) is 0.581. The zero-order valence-electron chi connectivity index (χ0n) is 10.5. The van der Waals surface area contributed by atoms with Gasteiger partial charge in [-0.05, 0) is 40.2 Å². The standard InChI is InChI=1S/C13H14BrN3OS/c1-16-6-5-15-11(16)8-17(9-2-3-9)13(18)12-10(14)4-7-19-12/h4-7,9H,2-3,8H2,1H3. The van der Waals surface area contributed by atoms with Gasteiger partial charge < -0.3 is 9.47 Å². The Labute approximate surface area is 124 Å². The van der Waals surface area contributed by atoms with Crippen LogP contribution >= 0.6 is 27.3 Å². The fourth-order valence-electron chi connectivity index (χ4n) is 2.03. The lowest BCUT2D eigenvalue weighted by Gasteiger charge is -2.21. The van der Waals surface area contributed by atoms with Gasteiger partial charge in [0.1, 0.15) is 10.7 Å². The van der Waals surface area contributed by atoms with E-state index >= 15 is 0 Å². The van der Waals surface area contributed by atoms with Gasteiger partial charge in [-0.25, -0.2) is 4.98 Å². The summed E-state index contributed by atoms with van der Waals surface area (Å²) in [5.41, 5.74) is 0. The fraction of sp³-hybridized carbons (Fsp3) is 0.385. The fourth-order valence-corrected chi connectivity index (χ4v) is 3.53. The van der Waals surface area contributed by atoms with Crippen molar-refractivity contribution in [3.63, 3.8) is 0 Å². The second-order valence-electron chi connectivity index (χ2n) is 4.72. The van der Waals surface area contributed by atoms with Gasteiger partial charge in [-0.3, -0.25) is 4.79 Å². The van der Waals surface area contributed by atoms with Crippen molar-refractivity contribution in [1.29, 1.82) is 0 Å². The Morgan fingerprint density at radius 2 is 2.42 bits per heavy atom. The molecule has 100 valence electrons. The molecule has 0 N–H and O–H groups in total. The highest BCUT2D eigenvalue weighted by molar-refractivity contribution is 9.10. The summed E-state index contributed by atoms with van der Waals surface area (Å²) in [5, 5.41) is 1.93. The van der Waals surface area contributed by atoms with Crippen molar-refractivity contribution in [2.75, 3.05) is 0 Å². The van der Waals surface area contributed by atoms with Crippen LogP contribution < -0.4 is 0 Å². The van der Waals surface area contributed by atoms with Crippen molar-refractivity contribution in [3.05, 3.63) is 39.0 Å². The third kappa shape index (κ3) is 2.60. The normalized spacial score (nSPS) is 14.6. The topological polar surface area (TPSA) is 38.1 Å². The summed E-state index contributed by atoms with van der Waals surface area (Å²) < 4.78 is 2.85. The van der Waals surface area contributed by atoms with E-state index in [1.807, 2.05) is 34.2 Å². The highest BCUT2D eigenvalue weighted by Crippen LogP contribution is 2.32. The van der Waals surface area contributed by atoms with Gasteiger partial charge in [-0.1, -0.05) is 0 Å². The predicted molar refractivity (Wildman–Crippen MR) is 78.1 cm³/mol. The lowest BCUT2D eigenvalue weighted by molar-refractivity contribution is 0.0728. The molecular weight excluding hydrogens is 326 g/mol. The van der Waals surface area contributed by atoms with E-state index in [2.05, 4.69) is 20.9 Å². The lowest BCUT2D eigenvalue weighted by atomic mass is 10.3. The summed E-state index contributed by atoms with van der Waals surface area (Å²) in [4.78, 5) is 19.6. The van der Waals surface area contributed by atoms with Crippen LogP contribution in [0.15, 0.2) is 28.3 Å². The van der Waals surface area contributed by atoms with Crippen LogP contribution in [-0.4, -0.2) is 26.4 Å². The Balaban J connectivity index is 1.84. The van der Waals surface area contributed by atoms with Crippen LogP contribution in [0, 0.1) is 0 Å². The number of carbonyl (C=O) groups excluding carboxylic acids is 1. The number of hydrogen-bond donors (Lipinski definition) is 0. The average Bonchev–Trinajstić information content (AvgIpc) is 3.02. The maximum Gasteiger partial charge on any atom is 0.265 e. The molecule has 0 atom stereocenters. The van der Waals surface area contributed by atoms with Crippen molar-refractivity contribution in [1.82, 2.24) is 14.5 Å². The second-order valence-corrected chi connectivity index (χ2v) is 6.49. The van der Waals surface area contributed by atoms with Gasteiger partial charge in [0.25, 0.3) is 5.91 Å². The molecule has 2 heterocycles. The Morgan fingerprint density at radius 1 is 1.63 bits per heavy atom. The van der Waals surface area contributed by atoms with Crippen molar-refractivity contribution in [2.45, 2.75) is 25.4 Å². The first-order chi connectivity index (χ1) is 9.16. The Bertz CT molecular complexity index is 603. The maximum absolute atomic E-state index is 12.6. The number of aryl methyl sites for hydroxylation is 1. The highest BCUT2D eigenvalue weighted by atomic mass is 79.9. The smallest absolute Gasteiger partial charge is 0.265 e. The zero-order chi connectivity index (χ0) is 13.4. The molecule has 0 aliphatic heterocycles. The van der Waals surface area contributed by atoms with E-state index in [0.29, 0.717) is 12.6 Å². The third-order valence-electron chi connectivity index (χ3n) is 3.29. The van der Waals surface area contributed by atoms with E-state index in [-0.39, 0.29) is 5.91 Å². The number of nitrogens with zero attached hydrogens (tertiary/aromatic N) is 3. The van der Waals surface area contributed by atoms with E-state index in [0.717, 1.165) is 28.0 Å². The van der Waals surface area contributed by atoms with Crippen molar-refractivity contribution in [3.8, 4) is 0 Å². The minimum Gasteiger partial charge on any atom is -0.337 e. The average molecular weight is 340 g/mol. The first-order valence-electron chi connectivity index (χ1n) is 6.17. The molecule has 2 aromatic heterocycles. The minimum atomic E-state index is 0.104. The molecule has 0 radical (unpaired) electrons. The Hall–Kier alpha value is -1.14. The molecule has 6 heteroatoms. The first-order valence-corrected chi connectivity index (χ1v) is 7.84. The second kappa shape index (κ2) is 5.09. The van der Waals surface area contributed by atoms with E-state index in [1.54, 1.807) is 6.20 Å². The molecule has 1 aliphatic carbocycles. The Morgan fingerprint density at radius 3 is 2.95 bits per heavy atom. The molecule has 0 saturated heterocycles. The van der Waals surface area contributed by atoms with Gasteiger partial charge in [-0.15, -0.1) is 11.3 Å². The van der Waals surface area contributed by atoms with Crippen LogP contribution in [-0.2, 0) is 13.6 Å². The van der Waals surface area contributed by atoms with Gasteiger partial charge in [0.05, 0.1) is 6.54 Å². The molecule has 0 spiro atoms. The molecule has 4 nitrogen and oxygen atoms in total.